The highest BCUT2D eigenvalue weighted by Crippen LogP contribution is 2.24. The van der Waals surface area contributed by atoms with Crippen molar-refractivity contribution in [3.63, 3.8) is 0 Å². The van der Waals surface area contributed by atoms with E-state index >= 15 is 0 Å². The summed E-state index contributed by atoms with van der Waals surface area (Å²) in [5.41, 5.74) is 8.01. The highest BCUT2D eigenvalue weighted by atomic mass is 16.5. The average Bonchev–Trinajstić information content (AvgIpc) is 2.90. The Balaban J connectivity index is 2.10. The lowest BCUT2D eigenvalue weighted by molar-refractivity contribution is -0.137. The third-order valence-electron chi connectivity index (χ3n) is 4.09. The highest BCUT2D eigenvalue weighted by molar-refractivity contribution is 5.79. The minimum absolute atomic E-state index is 0.0000104. The normalized spacial score (nSPS) is 21.9. The Morgan fingerprint density at radius 3 is 2.65 bits per heavy atom. The molecule has 4 nitrogen and oxygen atoms in total. The van der Waals surface area contributed by atoms with Crippen molar-refractivity contribution in [2.75, 3.05) is 13.2 Å². The fraction of sp³-hybridized carbons (Fsp3) is 0.562. The zero-order valence-electron chi connectivity index (χ0n) is 12.3. The second-order valence-corrected chi connectivity index (χ2v) is 5.30. The maximum atomic E-state index is 12.6. The lowest BCUT2D eigenvalue weighted by Gasteiger charge is -2.26. The summed E-state index contributed by atoms with van der Waals surface area (Å²) in [5, 5.41) is 0. The molecule has 2 N–H and O–H groups in total. The molecule has 0 radical (unpaired) electrons. The highest BCUT2D eigenvalue weighted by Gasteiger charge is 2.33. The molecule has 0 bridgehead atoms. The first kappa shape index (κ1) is 15.0. The molecule has 1 aliphatic heterocycles. The summed E-state index contributed by atoms with van der Waals surface area (Å²) < 4.78 is 5.51. The summed E-state index contributed by atoms with van der Waals surface area (Å²) in [7, 11) is 0. The van der Waals surface area contributed by atoms with Crippen LogP contribution in [0.25, 0.3) is 0 Å². The molecule has 1 fully saturated rings. The number of carbonyl (C=O) groups is 1. The van der Waals surface area contributed by atoms with E-state index in [4.69, 9.17) is 10.5 Å². The van der Waals surface area contributed by atoms with Gasteiger partial charge in [0.15, 0.2) is 0 Å². The van der Waals surface area contributed by atoms with Crippen LogP contribution in [0.3, 0.4) is 0 Å². The number of amides is 1. The van der Waals surface area contributed by atoms with Crippen molar-refractivity contribution in [1.82, 2.24) is 4.90 Å². The van der Waals surface area contributed by atoms with E-state index in [9.17, 15) is 4.79 Å². The van der Waals surface area contributed by atoms with Crippen molar-refractivity contribution >= 4 is 5.91 Å². The number of hydrogen-bond donors (Lipinski definition) is 1. The second kappa shape index (κ2) is 6.86. The molecule has 0 saturated carbocycles. The van der Waals surface area contributed by atoms with Crippen LogP contribution in [0.2, 0.25) is 0 Å². The molecule has 1 amide bonds. The van der Waals surface area contributed by atoms with E-state index in [0.717, 1.165) is 17.5 Å². The summed E-state index contributed by atoms with van der Waals surface area (Å²) in [4.78, 5) is 14.5. The molecule has 1 heterocycles. The minimum atomic E-state index is -0.0000104. The Morgan fingerprint density at radius 1 is 1.40 bits per heavy atom. The molecular weight excluding hydrogens is 252 g/mol. The van der Waals surface area contributed by atoms with Crippen molar-refractivity contribution in [1.29, 1.82) is 0 Å². The first-order chi connectivity index (χ1) is 9.67. The average molecular weight is 276 g/mol. The van der Waals surface area contributed by atoms with E-state index in [1.165, 1.54) is 0 Å². The molecule has 4 heteroatoms. The van der Waals surface area contributed by atoms with Gasteiger partial charge in [0.05, 0.1) is 12.0 Å². The SMILES string of the molecule is CCN(Cc1ccccc1CN)C(=O)C1CCOC1C. The predicted molar refractivity (Wildman–Crippen MR) is 78.9 cm³/mol. The molecule has 2 rings (SSSR count). The van der Waals surface area contributed by atoms with E-state index in [-0.39, 0.29) is 17.9 Å². The minimum Gasteiger partial charge on any atom is -0.378 e. The first-order valence-corrected chi connectivity index (χ1v) is 7.34. The van der Waals surface area contributed by atoms with E-state index in [1.54, 1.807) is 0 Å². The van der Waals surface area contributed by atoms with Crippen LogP contribution < -0.4 is 5.73 Å². The van der Waals surface area contributed by atoms with Gasteiger partial charge in [0, 0.05) is 26.2 Å². The van der Waals surface area contributed by atoms with E-state index < -0.39 is 0 Å². The molecule has 1 aliphatic rings. The van der Waals surface area contributed by atoms with Gasteiger partial charge in [-0.15, -0.1) is 0 Å². The van der Waals surface area contributed by atoms with Crippen LogP contribution in [0.4, 0.5) is 0 Å². The molecule has 2 unspecified atom stereocenters. The van der Waals surface area contributed by atoms with Gasteiger partial charge in [-0.25, -0.2) is 0 Å². The summed E-state index contributed by atoms with van der Waals surface area (Å²) in [6, 6.07) is 8.05. The van der Waals surface area contributed by atoms with Crippen LogP contribution in [0.5, 0.6) is 0 Å². The van der Waals surface area contributed by atoms with Gasteiger partial charge < -0.3 is 15.4 Å². The van der Waals surface area contributed by atoms with Crippen LogP contribution in [-0.4, -0.2) is 30.1 Å². The van der Waals surface area contributed by atoms with Crippen molar-refractivity contribution in [3.05, 3.63) is 35.4 Å². The van der Waals surface area contributed by atoms with Gasteiger partial charge >= 0.3 is 0 Å². The number of nitrogens with zero attached hydrogens (tertiary/aromatic N) is 1. The van der Waals surface area contributed by atoms with E-state index in [0.29, 0.717) is 26.2 Å². The van der Waals surface area contributed by atoms with Gasteiger partial charge in [-0.3, -0.25) is 4.79 Å². The standard InChI is InChI=1S/C16H24N2O2/c1-3-18(16(19)15-8-9-20-12(15)2)11-14-7-5-4-6-13(14)10-17/h4-7,12,15H,3,8-11,17H2,1-2H3. The summed E-state index contributed by atoms with van der Waals surface area (Å²) >= 11 is 0. The molecule has 20 heavy (non-hydrogen) atoms. The zero-order chi connectivity index (χ0) is 14.5. The number of carbonyl (C=O) groups excluding carboxylic acids is 1. The van der Waals surface area contributed by atoms with E-state index in [2.05, 4.69) is 0 Å². The van der Waals surface area contributed by atoms with Crippen LogP contribution in [0, 0.1) is 5.92 Å². The quantitative estimate of drug-likeness (QED) is 0.894. The number of rotatable bonds is 5. The monoisotopic (exact) mass is 276 g/mol. The van der Waals surface area contributed by atoms with Crippen LogP contribution in [0.1, 0.15) is 31.4 Å². The van der Waals surface area contributed by atoms with Crippen LogP contribution in [-0.2, 0) is 22.6 Å². The Hall–Kier alpha value is -1.39. The number of benzene rings is 1. The Bertz CT molecular complexity index is 462. The fourth-order valence-electron chi connectivity index (χ4n) is 2.75. The smallest absolute Gasteiger partial charge is 0.228 e. The van der Waals surface area contributed by atoms with Gasteiger partial charge in [-0.1, -0.05) is 24.3 Å². The van der Waals surface area contributed by atoms with Gasteiger partial charge in [0.25, 0.3) is 0 Å². The lowest BCUT2D eigenvalue weighted by Crippen LogP contribution is -2.38. The molecular formula is C16H24N2O2. The molecule has 0 aromatic heterocycles. The van der Waals surface area contributed by atoms with Crippen molar-refractivity contribution in [3.8, 4) is 0 Å². The largest absolute Gasteiger partial charge is 0.378 e. The number of nitrogens with two attached hydrogens (primary N) is 1. The fourth-order valence-corrected chi connectivity index (χ4v) is 2.75. The summed E-state index contributed by atoms with van der Waals surface area (Å²) in [6.07, 6.45) is 0.857. The van der Waals surface area contributed by atoms with Gasteiger partial charge in [-0.05, 0) is 31.4 Å². The maximum absolute atomic E-state index is 12.6. The Morgan fingerprint density at radius 2 is 2.10 bits per heavy atom. The molecule has 1 aromatic rings. The molecule has 1 saturated heterocycles. The second-order valence-electron chi connectivity index (χ2n) is 5.30. The Kier molecular flexibility index (Phi) is 5.15. The van der Waals surface area contributed by atoms with E-state index in [1.807, 2.05) is 43.0 Å². The van der Waals surface area contributed by atoms with Crippen molar-refractivity contribution in [2.24, 2.45) is 11.7 Å². The molecule has 2 atom stereocenters. The summed E-state index contributed by atoms with van der Waals surface area (Å²) in [5.74, 6) is 0.198. The molecule has 0 aliphatic carbocycles. The lowest BCUT2D eigenvalue weighted by atomic mass is 10.00. The third kappa shape index (κ3) is 3.19. The first-order valence-electron chi connectivity index (χ1n) is 7.34. The Labute approximate surface area is 120 Å². The zero-order valence-corrected chi connectivity index (χ0v) is 12.3. The van der Waals surface area contributed by atoms with Gasteiger partial charge in [-0.2, -0.15) is 0 Å². The summed E-state index contributed by atoms with van der Waals surface area (Å²) in [6.45, 7) is 6.53. The van der Waals surface area contributed by atoms with Crippen molar-refractivity contribution < 1.29 is 9.53 Å². The van der Waals surface area contributed by atoms with Crippen LogP contribution in [0.15, 0.2) is 24.3 Å². The van der Waals surface area contributed by atoms with Crippen molar-refractivity contribution in [2.45, 2.75) is 39.5 Å². The molecule has 1 aromatic carbocycles. The third-order valence-corrected chi connectivity index (χ3v) is 4.09. The molecule has 110 valence electrons. The van der Waals surface area contributed by atoms with Gasteiger partial charge in [0.2, 0.25) is 5.91 Å². The predicted octanol–water partition coefficient (Wildman–Crippen LogP) is 1.92. The topological polar surface area (TPSA) is 55.6 Å². The number of ether oxygens (including phenoxy) is 1. The molecule has 0 spiro atoms. The number of hydrogen-bond acceptors (Lipinski definition) is 3. The maximum Gasteiger partial charge on any atom is 0.228 e. The van der Waals surface area contributed by atoms with Gasteiger partial charge in [0.1, 0.15) is 0 Å². The van der Waals surface area contributed by atoms with Crippen LogP contribution >= 0.6 is 0 Å².